The fourth-order valence-electron chi connectivity index (χ4n) is 2.81. The molecule has 0 radical (unpaired) electrons. The predicted molar refractivity (Wildman–Crippen MR) is 118 cm³/mol. The summed E-state index contributed by atoms with van der Waals surface area (Å²) in [6.07, 6.45) is 2.93. The van der Waals surface area contributed by atoms with Crippen LogP contribution in [-0.4, -0.2) is 37.6 Å². The lowest BCUT2D eigenvalue weighted by molar-refractivity contribution is 0.104. The molecule has 6 nitrogen and oxygen atoms in total. The number of nitrogens with zero attached hydrogens (tertiary/aromatic N) is 2. The topological polar surface area (TPSA) is 80.5 Å². The summed E-state index contributed by atoms with van der Waals surface area (Å²) in [6.45, 7) is 0. The number of aromatic nitrogens is 1. The highest BCUT2D eigenvalue weighted by Crippen LogP contribution is 2.31. The summed E-state index contributed by atoms with van der Waals surface area (Å²) < 4.78 is 32.5. The van der Waals surface area contributed by atoms with Crippen molar-refractivity contribution in [3.8, 4) is 10.8 Å². The number of furan rings is 1. The van der Waals surface area contributed by atoms with Crippen molar-refractivity contribution in [1.29, 1.82) is 0 Å². The van der Waals surface area contributed by atoms with Crippen LogP contribution in [0.4, 0.5) is 0 Å². The lowest BCUT2D eigenvalue weighted by Gasteiger charge is -2.11. The molecule has 4 rings (SSSR count). The van der Waals surface area contributed by atoms with Gasteiger partial charge in [0.1, 0.15) is 5.76 Å². The highest BCUT2D eigenvalue weighted by atomic mass is 32.2. The molecule has 0 N–H and O–H groups in total. The zero-order valence-corrected chi connectivity index (χ0v) is 17.9. The van der Waals surface area contributed by atoms with Gasteiger partial charge in [-0.25, -0.2) is 17.7 Å². The fraction of sp³-hybridized carbons (Fsp3) is 0.0909. The monoisotopic (exact) mass is 438 g/mol. The van der Waals surface area contributed by atoms with E-state index >= 15 is 0 Å². The molecule has 0 aliphatic carbocycles. The lowest BCUT2D eigenvalue weighted by atomic mass is 10.1. The Kier molecular flexibility index (Phi) is 5.38. The van der Waals surface area contributed by atoms with Crippen molar-refractivity contribution in [2.45, 2.75) is 4.90 Å². The zero-order valence-electron chi connectivity index (χ0n) is 16.3. The first-order valence-electron chi connectivity index (χ1n) is 9.05. The number of fused-ring (bicyclic) bond motifs is 1. The Morgan fingerprint density at radius 1 is 1.07 bits per heavy atom. The van der Waals surface area contributed by atoms with Crippen molar-refractivity contribution in [2.24, 2.45) is 0 Å². The van der Waals surface area contributed by atoms with Crippen LogP contribution in [0.3, 0.4) is 0 Å². The second-order valence-corrected chi connectivity index (χ2v) is 9.88. The van der Waals surface area contributed by atoms with Crippen LogP contribution in [0.2, 0.25) is 0 Å². The number of sulfonamides is 1. The first-order chi connectivity index (χ1) is 14.3. The van der Waals surface area contributed by atoms with E-state index in [9.17, 15) is 13.2 Å². The highest BCUT2D eigenvalue weighted by Gasteiger charge is 2.18. The number of ketones is 1. The standard InChI is InChI=1S/C22H18N2O4S2/c1-24(2)30(26,27)17-7-5-6-15(14-17)19(25)12-10-16-11-13-20(28-16)22-23-18-8-3-4-9-21(18)29-22/h3-14H,1-2H3. The van der Waals surface area contributed by atoms with E-state index in [1.165, 1.54) is 43.6 Å². The molecule has 4 aromatic rings. The van der Waals surface area contributed by atoms with E-state index < -0.39 is 10.0 Å². The van der Waals surface area contributed by atoms with E-state index in [1.807, 2.05) is 30.3 Å². The molecular formula is C22H18N2O4S2. The average Bonchev–Trinajstić information content (AvgIpc) is 3.38. The quantitative estimate of drug-likeness (QED) is 0.322. The maximum Gasteiger partial charge on any atom is 0.242 e. The molecule has 2 aromatic carbocycles. The van der Waals surface area contributed by atoms with Crippen LogP contribution < -0.4 is 0 Å². The number of allylic oxidation sites excluding steroid dienone is 1. The number of carbonyl (C=O) groups excluding carboxylic acids is 1. The molecule has 8 heteroatoms. The van der Waals surface area contributed by atoms with Crippen LogP contribution in [0.5, 0.6) is 0 Å². The Bertz CT molecular complexity index is 1330. The molecular weight excluding hydrogens is 420 g/mol. The molecule has 0 bridgehead atoms. The molecule has 0 unspecified atom stereocenters. The van der Waals surface area contributed by atoms with Gasteiger partial charge in [0.05, 0.1) is 15.1 Å². The SMILES string of the molecule is CN(C)S(=O)(=O)c1cccc(C(=O)C=Cc2ccc(-c3nc4ccccc4s3)o2)c1. The van der Waals surface area contributed by atoms with E-state index in [0.717, 1.165) is 19.5 Å². The molecule has 0 spiro atoms. The number of carbonyl (C=O) groups is 1. The van der Waals surface area contributed by atoms with E-state index in [1.54, 1.807) is 24.3 Å². The highest BCUT2D eigenvalue weighted by molar-refractivity contribution is 7.89. The van der Waals surface area contributed by atoms with Gasteiger partial charge in [-0.1, -0.05) is 24.3 Å². The maximum atomic E-state index is 12.5. The third kappa shape index (κ3) is 3.97. The first-order valence-corrected chi connectivity index (χ1v) is 11.3. The second kappa shape index (κ2) is 7.98. The van der Waals surface area contributed by atoms with Gasteiger partial charge in [0.25, 0.3) is 0 Å². The normalized spacial score (nSPS) is 12.2. The summed E-state index contributed by atoms with van der Waals surface area (Å²) in [5.41, 5.74) is 1.20. The van der Waals surface area contributed by atoms with Gasteiger partial charge in [0.2, 0.25) is 10.0 Å². The zero-order chi connectivity index (χ0) is 21.3. The van der Waals surface area contributed by atoms with Crippen LogP contribution >= 0.6 is 11.3 Å². The van der Waals surface area contributed by atoms with Crippen LogP contribution in [0, 0.1) is 0 Å². The van der Waals surface area contributed by atoms with Crippen molar-refractivity contribution in [3.63, 3.8) is 0 Å². The van der Waals surface area contributed by atoms with Crippen molar-refractivity contribution in [2.75, 3.05) is 14.1 Å². The summed E-state index contributed by atoms with van der Waals surface area (Å²) in [6, 6.07) is 17.4. The van der Waals surface area contributed by atoms with Gasteiger partial charge >= 0.3 is 0 Å². The third-order valence-corrected chi connectivity index (χ3v) is 7.29. The van der Waals surface area contributed by atoms with Gasteiger partial charge in [-0.2, -0.15) is 0 Å². The van der Waals surface area contributed by atoms with E-state index in [4.69, 9.17) is 4.42 Å². The van der Waals surface area contributed by atoms with Crippen LogP contribution in [0.1, 0.15) is 16.1 Å². The number of hydrogen-bond acceptors (Lipinski definition) is 6. The summed E-state index contributed by atoms with van der Waals surface area (Å²) in [7, 11) is -0.710. The Balaban J connectivity index is 1.54. The smallest absolute Gasteiger partial charge is 0.242 e. The lowest BCUT2D eigenvalue weighted by Crippen LogP contribution is -2.22. The minimum Gasteiger partial charge on any atom is -0.454 e. The second-order valence-electron chi connectivity index (χ2n) is 6.70. The number of benzene rings is 2. The van der Waals surface area contributed by atoms with Gasteiger partial charge in [0, 0.05) is 19.7 Å². The summed E-state index contributed by atoms with van der Waals surface area (Å²) in [5, 5.41) is 0.767. The molecule has 0 aliphatic rings. The minimum atomic E-state index is -3.61. The number of rotatable bonds is 6. The van der Waals surface area contributed by atoms with Crippen LogP contribution in [0.25, 0.3) is 27.1 Å². The van der Waals surface area contributed by atoms with Gasteiger partial charge < -0.3 is 4.42 Å². The maximum absolute atomic E-state index is 12.5. The van der Waals surface area contributed by atoms with E-state index in [2.05, 4.69) is 4.98 Å². The predicted octanol–water partition coefficient (Wildman–Crippen LogP) is 4.70. The molecule has 0 amide bonds. The molecule has 0 atom stereocenters. The molecule has 0 saturated carbocycles. The molecule has 2 aromatic heterocycles. The number of para-hydroxylation sites is 1. The Hall–Kier alpha value is -3.07. The molecule has 0 saturated heterocycles. The van der Waals surface area contributed by atoms with Gasteiger partial charge in [-0.15, -0.1) is 11.3 Å². The first kappa shape index (κ1) is 20.2. The number of thiazole rings is 1. The van der Waals surface area contributed by atoms with Crippen molar-refractivity contribution < 1.29 is 17.6 Å². The number of hydrogen-bond donors (Lipinski definition) is 0. The molecule has 0 aliphatic heterocycles. The van der Waals surface area contributed by atoms with Gasteiger partial charge in [0.15, 0.2) is 16.6 Å². The van der Waals surface area contributed by atoms with Gasteiger partial charge in [-0.05, 0) is 48.6 Å². The minimum absolute atomic E-state index is 0.0721. The average molecular weight is 439 g/mol. The summed E-state index contributed by atoms with van der Waals surface area (Å²) in [5.74, 6) is 0.820. The molecule has 2 heterocycles. The van der Waals surface area contributed by atoms with E-state index in [-0.39, 0.29) is 16.2 Å². The molecule has 152 valence electrons. The van der Waals surface area contributed by atoms with Crippen LogP contribution in [-0.2, 0) is 10.0 Å². The summed E-state index contributed by atoms with van der Waals surface area (Å²) >= 11 is 1.53. The Labute approximate surface area is 178 Å². The van der Waals surface area contributed by atoms with Crippen LogP contribution in [0.15, 0.2) is 76.1 Å². The Morgan fingerprint density at radius 3 is 2.63 bits per heavy atom. The van der Waals surface area contributed by atoms with Crippen molar-refractivity contribution >= 4 is 43.4 Å². The fourth-order valence-corrected chi connectivity index (χ4v) is 4.69. The summed E-state index contributed by atoms with van der Waals surface area (Å²) in [4.78, 5) is 17.1. The molecule has 30 heavy (non-hydrogen) atoms. The third-order valence-electron chi connectivity index (χ3n) is 4.43. The Morgan fingerprint density at radius 2 is 1.87 bits per heavy atom. The largest absolute Gasteiger partial charge is 0.454 e. The van der Waals surface area contributed by atoms with E-state index in [0.29, 0.717) is 11.5 Å². The van der Waals surface area contributed by atoms with Gasteiger partial charge in [-0.3, -0.25) is 4.79 Å². The van der Waals surface area contributed by atoms with Crippen molar-refractivity contribution in [3.05, 3.63) is 78.1 Å². The van der Waals surface area contributed by atoms with Crippen molar-refractivity contribution in [1.82, 2.24) is 9.29 Å². The molecule has 0 fully saturated rings.